The highest BCUT2D eigenvalue weighted by molar-refractivity contribution is 5.04. The van der Waals surface area contributed by atoms with Gasteiger partial charge in [-0.3, -0.25) is 0 Å². The summed E-state index contributed by atoms with van der Waals surface area (Å²) >= 11 is 0. The zero-order valence-corrected chi connectivity index (χ0v) is 16.8. The summed E-state index contributed by atoms with van der Waals surface area (Å²) in [6.45, 7) is 7.39. The van der Waals surface area contributed by atoms with Gasteiger partial charge in [-0.15, -0.1) is 0 Å². The summed E-state index contributed by atoms with van der Waals surface area (Å²) in [7, 11) is 0. The Morgan fingerprint density at radius 1 is 1.11 bits per heavy atom. The lowest BCUT2D eigenvalue weighted by Crippen LogP contribution is -2.53. The first-order valence-corrected chi connectivity index (χ1v) is 9.51. The van der Waals surface area contributed by atoms with Crippen molar-refractivity contribution in [3.63, 3.8) is 0 Å². The van der Waals surface area contributed by atoms with E-state index >= 15 is 0 Å². The molecule has 0 radical (unpaired) electrons. The third-order valence-electron chi connectivity index (χ3n) is 4.81. The van der Waals surface area contributed by atoms with Crippen molar-refractivity contribution in [2.45, 2.75) is 89.7 Å². The van der Waals surface area contributed by atoms with Gasteiger partial charge >= 0.3 is 0 Å². The largest absolute Gasteiger partial charge is 0.390 e. The SMILES string of the molecule is CC(=CCOC1OCC(O)C(O)C1O)CCC=C(C)CCC(O)C(C)(C)O. The zero-order valence-electron chi connectivity index (χ0n) is 16.8. The third-order valence-corrected chi connectivity index (χ3v) is 4.81. The van der Waals surface area contributed by atoms with Gasteiger partial charge in [0, 0.05) is 0 Å². The van der Waals surface area contributed by atoms with Gasteiger partial charge in [-0.1, -0.05) is 23.3 Å². The van der Waals surface area contributed by atoms with Crippen molar-refractivity contribution in [2.75, 3.05) is 13.2 Å². The summed E-state index contributed by atoms with van der Waals surface area (Å²) in [5.74, 6) is 0. The minimum Gasteiger partial charge on any atom is -0.390 e. The van der Waals surface area contributed by atoms with Crippen LogP contribution in [0.4, 0.5) is 0 Å². The Morgan fingerprint density at radius 2 is 1.74 bits per heavy atom. The molecule has 5 N–H and O–H groups in total. The Labute approximate surface area is 161 Å². The highest BCUT2D eigenvalue weighted by atomic mass is 16.7. The molecule has 0 spiro atoms. The van der Waals surface area contributed by atoms with E-state index in [9.17, 15) is 25.5 Å². The molecule has 1 saturated heterocycles. The molecule has 158 valence electrons. The second-order valence-corrected chi connectivity index (χ2v) is 7.93. The molecule has 0 aromatic carbocycles. The van der Waals surface area contributed by atoms with E-state index in [2.05, 4.69) is 6.08 Å². The van der Waals surface area contributed by atoms with Crippen LogP contribution in [0, 0.1) is 0 Å². The van der Waals surface area contributed by atoms with Crippen LogP contribution in [0.2, 0.25) is 0 Å². The van der Waals surface area contributed by atoms with Gasteiger partial charge < -0.3 is 35.0 Å². The van der Waals surface area contributed by atoms with Crippen LogP contribution in [0.1, 0.15) is 53.4 Å². The van der Waals surface area contributed by atoms with Crippen LogP contribution < -0.4 is 0 Å². The number of ether oxygens (including phenoxy) is 2. The normalized spacial score (nSPS) is 29.1. The Kier molecular flexibility index (Phi) is 10.1. The highest BCUT2D eigenvalue weighted by Gasteiger charge is 2.37. The molecule has 1 rings (SSSR count). The van der Waals surface area contributed by atoms with Gasteiger partial charge in [0.15, 0.2) is 6.29 Å². The molecule has 0 saturated carbocycles. The molecule has 1 aliphatic heterocycles. The predicted molar refractivity (Wildman–Crippen MR) is 102 cm³/mol. The van der Waals surface area contributed by atoms with Gasteiger partial charge in [-0.2, -0.15) is 0 Å². The summed E-state index contributed by atoms with van der Waals surface area (Å²) in [6.07, 6.45) is 1.68. The Hall–Kier alpha value is -0.800. The molecule has 27 heavy (non-hydrogen) atoms. The number of hydrogen-bond donors (Lipinski definition) is 5. The number of hydrogen-bond acceptors (Lipinski definition) is 7. The van der Waals surface area contributed by atoms with Crippen molar-refractivity contribution in [3.05, 3.63) is 23.3 Å². The van der Waals surface area contributed by atoms with Crippen molar-refractivity contribution < 1.29 is 35.0 Å². The molecule has 0 aromatic rings. The maximum atomic E-state index is 9.84. The van der Waals surface area contributed by atoms with Gasteiger partial charge in [0.1, 0.15) is 18.3 Å². The maximum Gasteiger partial charge on any atom is 0.186 e. The second-order valence-electron chi connectivity index (χ2n) is 7.93. The molecule has 0 bridgehead atoms. The average Bonchev–Trinajstić information content (AvgIpc) is 2.58. The van der Waals surface area contributed by atoms with E-state index in [-0.39, 0.29) is 13.2 Å². The van der Waals surface area contributed by atoms with Crippen LogP contribution in [0.3, 0.4) is 0 Å². The molecule has 0 amide bonds. The standard InChI is InChI=1S/C20H36O7/c1-13(8-9-16(22)20(3,4)25)6-5-7-14(2)10-11-26-19-18(24)17(23)15(21)12-27-19/h6,10,15-19,21-25H,5,7-9,11-12H2,1-4H3. The van der Waals surface area contributed by atoms with E-state index in [0.717, 1.165) is 24.8 Å². The van der Waals surface area contributed by atoms with Crippen LogP contribution in [0.5, 0.6) is 0 Å². The Morgan fingerprint density at radius 3 is 2.37 bits per heavy atom. The molecule has 5 unspecified atom stereocenters. The monoisotopic (exact) mass is 388 g/mol. The Bertz CT molecular complexity index is 495. The van der Waals surface area contributed by atoms with Crippen LogP contribution in [-0.4, -0.2) is 75.1 Å². The summed E-state index contributed by atoms with van der Waals surface area (Å²) in [6, 6.07) is 0. The minimum absolute atomic E-state index is 0.0716. The summed E-state index contributed by atoms with van der Waals surface area (Å²) < 4.78 is 10.6. The van der Waals surface area contributed by atoms with E-state index < -0.39 is 36.3 Å². The molecule has 1 heterocycles. The smallest absolute Gasteiger partial charge is 0.186 e. The molecule has 1 fully saturated rings. The first-order valence-electron chi connectivity index (χ1n) is 9.51. The third kappa shape index (κ3) is 8.83. The van der Waals surface area contributed by atoms with Crippen molar-refractivity contribution in [1.29, 1.82) is 0 Å². The minimum atomic E-state index is -1.27. The molecule has 0 aliphatic carbocycles. The maximum absolute atomic E-state index is 9.84. The number of rotatable bonds is 10. The van der Waals surface area contributed by atoms with Gasteiger partial charge in [0.25, 0.3) is 0 Å². The van der Waals surface area contributed by atoms with Gasteiger partial charge in [0.2, 0.25) is 0 Å². The van der Waals surface area contributed by atoms with Crippen LogP contribution >= 0.6 is 0 Å². The highest BCUT2D eigenvalue weighted by Crippen LogP contribution is 2.18. The topological polar surface area (TPSA) is 120 Å². The lowest BCUT2D eigenvalue weighted by molar-refractivity contribution is -0.266. The molecule has 1 aliphatic rings. The quantitative estimate of drug-likeness (QED) is 0.355. The molecule has 7 heteroatoms. The molecule has 5 atom stereocenters. The van der Waals surface area contributed by atoms with Gasteiger partial charge in [-0.25, -0.2) is 0 Å². The molecule has 7 nitrogen and oxygen atoms in total. The summed E-state index contributed by atoms with van der Waals surface area (Å²) in [4.78, 5) is 0. The van der Waals surface area contributed by atoms with Crippen molar-refractivity contribution in [2.24, 2.45) is 0 Å². The van der Waals surface area contributed by atoms with E-state index in [1.807, 2.05) is 19.9 Å². The van der Waals surface area contributed by atoms with E-state index in [4.69, 9.17) is 9.47 Å². The average molecular weight is 389 g/mol. The fourth-order valence-electron chi connectivity index (χ4n) is 2.68. The van der Waals surface area contributed by atoms with E-state index in [1.54, 1.807) is 13.8 Å². The zero-order chi connectivity index (χ0) is 20.6. The summed E-state index contributed by atoms with van der Waals surface area (Å²) in [5, 5.41) is 48.4. The van der Waals surface area contributed by atoms with Crippen molar-refractivity contribution in [3.8, 4) is 0 Å². The lowest BCUT2D eigenvalue weighted by atomic mass is 9.95. The van der Waals surface area contributed by atoms with Crippen molar-refractivity contribution in [1.82, 2.24) is 0 Å². The van der Waals surface area contributed by atoms with Gasteiger partial charge in [0.05, 0.1) is 24.9 Å². The molecule has 0 aromatic heterocycles. The number of aliphatic hydroxyl groups excluding tert-OH is 4. The molecular weight excluding hydrogens is 352 g/mol. The fourth-order valence-corrected chi connectivity index (χ4v) is 2.68. The van der Waals surface area contributed by atoms with E-state index in [0.29, 0.717) is 6.42 Å². The second kappa shape index (κ2) is 11.3. The fraction of sp³-hybridized carbons (Fsp3) is 0.800. The lowest BCUT2D eigenvalue weighted by Gasteiger charge is -2.34. The van der Waals surface area contributed by atoms with E-state index in [1.165, 1.54) is 5.57 Å². The molecular formula is C20H36O7. The van der Waals surface area contributed by atoms with Crippen LogP contribution in [-0.2, 0) is 9.47 Å². The number of allylic oxidation sites excluding steroid dienone is 3. The predicted octanol–water partition coefficient (Wildman–Crippen LogP) is 1.03. The summed E-state index contributed by atoms with van der Waals surface area (Å²) in [5.41, 5.74) is 1.22. The van der Waals surface area contributed by atoms with Crippen LogP contribution in [0.25, 0.3) is 0 Å². The first-order chi connectivity index (χ1) is 12.5. The van der Waals surface area contributed by atoms with Gasteiger partial charge in [-0.05, 0) is 53.4 Å². The van der Waals surface area contributed by atoms with Crippen LogP contribution in [0.15, 0.2) is 23.3 Å². The Balaban J connectivity index is 2.28. The number of aliphatic hydroxyl groups is 5. The van der Waals surface area contributed by atoms with Crippen molar-refractivity contribution >= 4 is 0 Å². The first kappa shape index (κ1) is 24.2.